The number of anilines is 1. The molecule has 0 saturated heterocycles. The van der Waals surface area contributed by atoms with Gasteiger partial charge in [0, 0.05) is 24.5 Å². The van der Waals surface area contributed by atoms with Crippen molar-refractivity contribution in [2.75, 3.05) is 11.6 Å². The third-order valence-electron chi connectivity index (χ3n) is 2.05. The first-order chi connectivity index (χ1) is 11.1. The number of carbonyl (C=O) groups is 1. The van der Waals surface area contributed by atoms with E-state index in [2.05, 4.69) is 15.3 Å². The Labute approximate surface area is 145 Å². The molecule has 1 N–H and O–H groups in total. The molecular weight excluding hydrogens is 306 g/mol. The second-order valence-corrected chi connectivity index (χ2v) is 4.51. The molecule has 5 heteroatoms. The van der Waals surface area contributed by atoms with Gasteiger partial charge in [0.25, 0.3) is 0 Å². The van der Waals surface area contributed by atoms with Crippen LogP contribution in [0, 0.1) is 6.92 Å². The minimum atomic E-state index is -0.0359. The summed E-state index contributed by atoms with van der Waals surface area (Å²) < 4.78 is 0. The van der Waals surface area contributed by atoms with Crippen molar-refractivity contribution in [3.63, 3.8) is 0 Å². The topological polar surface area (TPSA) is 54.9 Å². The summed E-state index contributed by atoms with van der Waals surface area (Å²) in [6, 6.07) is 11.3. The number of aryl methyl sites for hydroxylation is 1. The van der Waals surface area contributed by atoms with Crippen LogP contribution >= 0.6 is 11.8 Å². The third-order valence-corrected chi connectivity index (χ3v) is 2.61. The minimum Gasteiger partial charge on any atom is -0.326 e. The highest BCUT2D eigenvalue weighted by Gasteiger charge is 1.90. The second-order valence-electron chi connectivity index (χ2n) is 3.73. The van der Waals surface area contributed by atoms with Crippen molar-refractivity contribution < 1.29 is 4.79 Å². The molecule has 1 heterocycles. The molecule has 0 saturated carbocycles. The van der Waals surface area contributed by atoms with Crippen LogP contribution < -0.4 is 5.32 Å². The third kappa shape index (κ3) is 13.5. The lowest BCUT2D eigenvalue weighted by Crippen LogP contribution is -2.04. The predicted octanol–water partition coefficient (Wildman–Crippen LogP) is 5.20. The van der Waals surface area contributed by atoms with Crippen LogP contribution in [0.15, 0.2) is 47.8 Å². The van der Waals surface area contributed by atoms with Crippen molar-refractivity contribution in [2.45, 2.75) is 46.7 Å². The van der Waals surface area contributed by atoms with Gasteiger partial charge >= 0.3 is 0 Å². The average Bonchev–Trinajstić information content (AvgIpc) is 2.59. The summed E-state index contributed by atoms with van der Waals surface area (Å²) in [5.74, 6) is -0.0359. The molecular formula is C18H29N3OS. The van der Waals surface area contributed by atoms with Gasteiger partial charge in [-0.2, -0.15) is 0 Å². The lowest BCUT2D eigenvalue weighted by molar-refractivity contribution is -0.114. The highest BCUT2D eigenvalue weighted by atomic mass is 32.2. The minimum absolute atomic E-state index is 0.0359. The number of thioether (sulfide) groups is 1. The van der Waals surface area contributed by atoms with Gasteiger partial charge in [-0.05, 0) is 31.4 Å². The van der Waals surface area contributed by atoms with Crippen molar-refractivity contribution in [3.8, 4) is 0 Å². The Morgan fingerprint density at radius 3 is 2.00 bits per heavy atom. The molecule has 23 heavy (non-hydrogen) atoms. The highest BCUT2D eigenvalue weighted by molar-refractivity contribution is 7.98. The van der Waals surface area contributed by atoms with Gasteiger partial charge < -0.3 is 5.32 Å². The number of carbonyl (C=O) groups excluding carboxylic acids is 1. The molecule has 1 aromatic carbocycles. The van der Waals surface area contributed by atoms with Crippen LogP contribution in [0.2, 0.25) is 0 Å². The number of hydrogen-bond donors (Lipinski definition) is 1. The van der Waals surface area contributed by atoms with Gasteiger partial charge in [0.05, 0.1) is 0 Å². The molecule has 0 atom stereocenters. The van der Waals surface area contributed by atoms with Crippen LogP contribution in [-0.2, 0) is 4.79 Å². The number of aromatic nitrogens is 2. The first-order valence-electron chi connectivity index (χ1n) is 7.78. The molecule has 0 aliphatic carbocycles. The van der Waals surface area contributed by atoms with Gasteiger partial charge in [-0.25, -0.2) is 9.97 Å². The van der Waals surface area contributed by atoms with E-state index in [1.807, 2.05) is 77.3 Å². The summed E-state index contributed by atoms with van der Waals surface area (Å²) in [5, 5.41) is 3.51. The monoisotopic (exact) mass is 335 g/mol. The van der Waals surface area contributed by atoms with Crippen LogP contribution in [0.25, 0.3) is 0 Å². The summed E-state index contributed by atoms with van der Waals surface area (Å²) >= 11 is 1.56. The van der Waals surface area contributed by atoms with Gasteiger partial charge in [0.1, 0.15) is 0 Å². The van der Waals surface area contributed by atoms with E-state index >= 15 is 0 Å². The number of nitrogens with zero attached hydrogens (tertiary/aromatic N) is 2. The maximum absolute atomic E-state index is 10.5. The molecule has 0 aliphatic heterocycles. The second kappa shape index (κ2) is 16.5. The quantitative estimate of drug-likeness (QED) is 0.605. The molecule has 0 fully saturated rings. The Morgan fingerprint density at radius 2 is 1.61 bits per heavy atom. The molecule has 128 valence electrons. The Balaban J connectivity index is 0. The fourth-order valence-electron chi connectivity index (χ4n) is 1.25. The largest absolute Gasteiger partial charge is 0.326 e. The Bertz CT molecular complexity index is 519. The fraction of sp³-hybridized carbons (Fsp3) is 0.389. The van der Waals surface area contributed by atoms with Gasteiger partial charge in [-0.3, -0.25) is 4.79 Å². The molecule has 1 amide bonds. The van der Waals surface area contributed by atoms with E-state index in [9.17, 15) is 4.79 Å². The van der Waals surface area contributed by atoms with Gasteiger partial charge in [-0.15, -0.1) is 0 Å². The average molecular weight is 336 g/mol. The summed E-state index contributed by atoms with van der Waals surface area (Å²) in [7, 11) is 0. The standard InChI is InChI=1S/C8H9NO.C6H8N2S.2C2H6/c1-7(10)9-8-5-3-2-4-6-8;1-5-3-4-7-6(8-5)9-2;2*1-2/h2-6H,1H3,(H,9,10);3-4H,1-2H3;2*1-2H3. The maximum atomic E-state index is 10.5. The van der Waals surface area contributed by atoms with Crippen molar-refractivity contribution in [2.24, 2.45) is 0 Å². The molecule has 0 unspecified atom stereocenters. The number of benzene rings is 1. The molecule has 0 bridgehead atoms. The smallest absolute Gasteiger partial charge is 0.221 e. The van der Waals surface area contributed by atoms with Crippen LogP contribution in [-0.4, -0.2) is 22.1 Å². The van der Waals surface area contributed by atoms with E-state index in [0.717, 1.165) is 16.5 Å². The number of rotatable bonds is 2. The first kappa shape index (κ1) is 23.4. The van der Waals surface area contributed by atoms with Gasteiger partial charge in [0.2, 0.25) is 5.91 Å². The van der Waals surface area contributed by atoms with Crippen molar-refractivity contribution >= 4 is 23.4 Å². The molecule has 0 aliphatic rings. The Kier molecular flexibility index (Phi) is 16.8. The first-order valence-corrected chi connectivity index (χ1v) is 9.00. The van der Waals surface area contributed by atoms with E-state index in [1.54, 1.807) is 18.0 Å². The number of para-hydroxylation sites is 1. The van der Waals surface area contributed by atoms with Crippen LogP contribution in [0.3, 0.4) is 0 Å². The lowest BCUT2D eigenvalue weighted by atomic mass is 10.3. The maximum Gasteiger partial charge on any atom is 0.221 e. The molecule has 0 spiro atoms. The van der Waals surface area contributed by atoms with Crippen LogP contribution in [0.4, 0.5) is 5.69 Å². The van der Waals surface area contributed by atoms with Crippen LogP contribution in [0.1, 0.15) is 40.3 Å². The molecule has 4 nitrogen and oxygen atoms in total. The number of hydrogen-bond acceptors (Lipinski definition) is 4. The number of nitrogens with one attached hydrogen (secondary N) is 1. The normalized spacial score (nSPS) is 8.13. The van der Waals surface area contributed by atoms with Crippen molar-refractivity contribution in [3.05, 3.63) is 48.3 Å². The summed E-state index contributed by atoms with van der Waals surface area (Å²) in [5.41, 5.74) is 1.87. The zero-order chi connectivity index (χ0) is 18.1. The van der Waals surface area contributed by atoms with E-state index in [1.165, 1.54) is 6.92 Å². The zero-order valence-electron chi connectivity index (χ0n) is 15.3. The van der Waals surface area contributed by atoms with E-state index in [4.69, 9.17) is 0 Å². The molecule has 1 aromatic heterocycles. The fourth-order valence-corrected chi connectivity index (χ4v) is 1.65. The SMILES string of the molecule is CC.CC.CC(=O)Nc1ccccc1.CSc1nccc(C)n1. The van der Waals surface area contributed by atoms with E-state index < -0.39 is 0 Å². The molecule has 0 radical (unpaired) electrons. The molecule has 2 aromatic rings. The Hall–Kier alpha value is -1.88. The summed E-state index contributed by atoms with van der Waals surface area (Å²) in [6.45, 7) is 11.5. The van der Waals surface area contributed by atoms with Crippen molar-refractivity contribution in [1.29, 1.82) is 0 Å². The van der Waals surface area contributed by atoms with Crippen molar-refractivity contribution in [1.82, 2.24) is 9.97 Å². The number of amides is 1. The highest BCUT2D eigenvalue weighted by Crippen LogP contribution is 2.06. The Morgan fingerprint density at radius 1 is 1.04 bits per heavy atom. The summed E-state index contributed by atoms with van der Waals surface area (Å²) in [6.07, 6.45) is 3.74. The van der Waals surface area contributed by atoms with Crippen LogP contribution in [0.5, 0.6) is 0 Å². The lowest BCUT2D eigenvalue weighted by Gasteiger charge is -1.98. The van der Waals surface area contributed by atoms with E-state index in [0.29, 0.717) is 0 Å². The van der Waals surface area contributed by atoms with Gasteiger partial charge in [0.15, 0.2) is 5.16 Å². The zero-order valence-corrected chi connectivity index (χ0v) is 16.1. The van der Waals surface area contributed by atoms with E-state index in [-0.39, 0.29) is 5.91 Å². The summed E-state index contributed by atoms with van der Waals surface area (Å²) in [4.78, 5) is 18.7. The predicted molar refractivity (Wildman–Crippen MR) is 102 cm³/mol. The van der Waals surface area contributed by atoms with Gasteiger partial charge in [-0.1, -0.05) is 57.7 Å². The molecule has 2 rings (SSSR count).